The molecule has 0 unspecified atom stereocenters. The normalized spacial score (nSPS) is 14.9. The molecule has 0 aromatic heterocycles. The van der Waals surface area contributed by atoms with Crippen LogP contribution in [-0.2, 0) is 13.0 Å². The number of amides is 1. The molecular weight excluding hydrogens is 374 g/mol. The topological polar surface area (TPSA) is 69.4 Å². The van der Waals surface area contributed by atoms with Gasteiger partial charge in [0.05, 0.1) is 0 Å². The Morgan fingerprint density at radius 2 is 1.73 bits per heavy atom. The highest BCUT2D eigenvalue weighted by Crippen LogP contribution is 2.45. The van der Waals surface area contributed by atoms with E-state index in [2.05, 4.69) is 13.8 Å². The molecule has 0 atom stereocenters. The van der Waals surface area contributed by atoms with Crippen LogP contribution in [0.1, 0.15) is 90.6 Å². The van der Waals surface area contributed by atoms with Crippen molar-refractivity contribution in [2.75, 3.05) is 0 Å². The van der Waals surface area contributed by atoms with Gasteiger partial charge in [0.1, 0.15) is 12.4 Å². The minimum atomic E-state index is -0.462. The summed E-state index contributed by atoms with van der Waals surface area (Å²) in [6.45, 7) is 4.62. The quantitative estimate of drug-likeness (QED) is 0.536. The highest BCUT2D eigenvalue weighted by Gasteiger charge is 2.42. The number of primary amides is 1. The summed E-state index contributed by atoms with van der Waals surface area (Å²) in [6, 6.07) is 13.0. The van der Waals surface area contributed by atoms with Gasteiger partial charge in [-0.3, -0.25) is 9.59 Å². The number of fused-ring (bicyclic) bond motifs is 1. The molecule has 0 fully saturated rings. The maximum absolute atomic E-state index is 13.6. The standard InChI is InChI=1S/C26H33NO3/c1-3-5-15-26(16-6-4-2)17-14-21-22(24(26)28)12-9-13-23(21)30-18-19-10-7-8-11-20(19)25(27)29/h7-13H,3-6,14-18H2,1-2H3,(H2,27,29). The number of ether oxygens (including phenoxy) is 1. The predicted octanol–water partition coefficient (Wildman–Crippen LogP) is 5.86. The Kier molecular flexibility index (Phi) is 7.30. The fourth-order valence-corrected chi connectivity index (χ4v) is 4.61. The van der Waals surface area contributed by atoms with Crippen LogP contribution in [0.15, 0.2) is 42.5 Å². The van der Waals surface area contributed by atoms with Gasteiger partial charge in [0, 0.05) is 27.7 Å². The fourth-order valence-electron chi connectivity index (χ4n) is 4.61. The lowest BCUT2D eigenvalue weighted by molar-refractivity contribution is 0.0705. The average molecular weight is 408 g/mol. The van der Waals surface area contributed by atoms with Gasteiger partial charge < -0.3 is 10.5 Å². The van der Waals surface area contributed by atoms with E-state index in [0.29, 0.717) is 5.56 Å². The summed E-state index contributed by atoms with van der Waals surface area (Å²) < 4.78 is 6.10. The monoisotopic (exact) mass is 407 g/mol. The van der Waals surface area contributed by atoms with Gasteiger partial charge in [-0.2, -0.15) is 0 Å². The van der Waals surface area contributed by atoms with Crippen LogP contribution in [0.5, 0.6) is 5.75 Å². The number of nitrogens with two attached hydrogens (primary N) is 1. The first-order valence-corrected chi connectivity index (χ1v) is 11.2. The van der Waals surface area contributed by atoms with E-state index >= 15 is 0 Å². The van der Waals surface area contributed by atoms with Crippen molar-refractivity contribution in [3.8, 4) is 5.75 Å². The van der Waals surface area contributed by atoms with Crippen molar-refractivity contribution in [3.05, 3.63) is 64.7 Å². The third kappa shape index (κ3) is 4.58. The number of hydrogen-bond acceptors (Lipinski definition) is 3. The molecule has 2 aromatic carbocycles. The minimum absolute atomic E-state index is 0.226. The lowest BCUT2D eigenvalue weighted by Crippen LogP contribution is -2.36. The zero-order valence-electron chi connectivity index (χ0n) is 18.2. The summed E-state index contributed by atoms with van der Waals surface area (Å²) in [5.74, 6) is 0.560. The van der Waals surface area contributed by atoms with Gasteiger partial charge in [-0.1, -0.05) is 69.9 Å². The summed E-state index contributed by atoms with van der Waals surface area (Å²) >= 11 is 0. The van der Waals surface area contributed by atoms with E-state index in [4.69, 9.17) is 10.5 Å². The van der Waals surface area contributed by atoms with E-state index < -0.39 is 5.91 Å². The van der Waals surface area contributed by atoms with E-state index in [1.54, 1.807) is 12.1 Å². The number of unbranched alkanes of at least 4 members (excludes halogenated alkanes) is 2. The summed E-state index contributed by atoms with van der Waals surface area (Å²) in [6.07, 6.45) is 8.07. The number of carbonyl (C=O) groups excluding carboxylic acids is 2. The van der Waals surface area contributed by atoms with Crippen LogP contribution in [-0.4, -0.2) is 11.7 Å². The van der Waals surface area contributed by atoms with Crippen LogP contribution in [0, 0.1) is 5.41 Å². The second-order valence-electron chi connectivity index (χ2n) is 8.41. The molecule has 1 aliphatic rings. The van der Waals surface area contributed by atoms with E-state index in [1.807, 2.05) is 30.3 Å². The zero-order chi connectivity index (χ0) is 21.6. The Balaban J connectivity index is 1.85. The van der Waals surface area contributed by atoms with Gasteiger partial charge in [0.25, 0.3) is 0 Å². The van der Waals surface area contributed by atoms with Gasteiger partial charge in [-0.05, 0) is 37.8 Å². The summed E-state index contributed by atoms with van der Waals surface area (Å²) in [5, 5.41) is 0. The van der Waals surface area contributed by atoms with E-state index in [0.717, 1.165) is 73.8 Å². The Morgan fingerprint density at radius 1 is 1.03 bits per heavy atom. The van der Waals surface area contributed by atoms with Gasteiger partial charge in [0.2, 0.25) is 5.91 Å². The summed E-state index contributed by atoms with van der Waals surface area (Å²) in [7, 11) is 0. The fraction of sp³-hybridized carbons (Fsp3) is 0.462. The molecule has 1 aliphatic carbocycles. The smallest absolute Gasteiger partial charge is 0.249 e. The molecule has 2 aromatic rings. The first-order chi connectivity index (χ1) is 14.5. The molecule has 1 amide bonds. The first kappa shape index (κ1) is 22.1. The highest BCUT2D eigenvalue weighted by molar-refractivity contribution is 6.03. The predicted molar refractivity (Wildman–Crippen MR) is 120 cm³/mol. The molecule has 4 heteroatoms. The SMILES string of the molecule is CCCCC1(CCCC)CCc2c(OCc3ccccc3C(N)=O)cccc2C1=O. The third-order valence-electron chi connectivity index (χ3n) is 6.40. The molecule has 0 bridgehead atoms. The largest absolute Gasteiger partial charge is 0.489 e. The average Bonchev–Trinajstić information content (AvgIpc) is 2.77. The van der Waals surface area contributed by atoms with Crippen LogP contribution in [0.2, 0.25) is 0 Å². The molecule has 30 heavy (non-hydrogen) atoms. The Morgan fingerprint density at radius 3 is 2.40 bits per heavy atom. The molecule has 160 valence electrons. The van der Waals surface area contributed by atoms with Crippen molar-refractivity contribution < 1.29 is 14.3 Å². The number of carbonyl (C=O) groups is 2. The van der Waals surface area contributed by atoms with Crippen LogP contribution in [0.25, 0.3) is 0 Å². The number of hydrogen-bond donors (Lipinski definition) is 1. The summed E-state index contributed by atoms with van der Waals surface area (Å²) in [5.41, 5.74) is 8.30. The molecular formula is C26H33NO3. The molecule has 0 spiro atoms. The van der Waals surface area contributed by atoms with Gasteiger partial charge in [0.15, 0.2) is 5.78 Å². The second-order valence-corrected chi connectivity index (χ2v) is 8.41. The first-order valence-electron chi connectivity index (χ1n) is 11.2. The second kappa shape index (κ2) is 9.92. The van der Waals surface area contributed by atoms with Crippen LogP contribution in [0.4, 0.5) is 0 Å². The van der Waals surface area contributed by atoms with Crippen LogP contribution in [0.3, 0.4) is 0 Å². The zero-order valence-corrected chi connectivity index (χ0v) is 18.2. The van der Waals surface area contributed by atoms with Crippen LogP contribution < -0.4 is 10.5 Å². The number of ketones is 1. The molecule has 0 radical (unpaired) electrons. The summed E-state index contributed by atoms with van der Waals surface area (Å²) in [4.78, 5) is 25.3. The van der Waals surface area contributed by atoms with E-state index in [-0.39, 0.29) is 17.8 Å². The van der Waals surface area contributed by atoms with E-state index in [9.17, 15) is 9.59 Å². The van der Waals surface area contributed by atoms with Crippen molar-refractivity contribution in [3.63, 3.8) is 0 Å². The molecule has 3 rings (SSSR count). The Bertz CT molecular complexity index is 895. The Hall–Kier alpha value is -2.62. The third-order valence-corrected chi connectivity index (χ3v) is 6.40. The van der Waals surface area contributed by atoms with Crippen molar-refractivity contribution in [1.29, 1.82) is 0 Å². The molecule has 2 N–H and O–H groups in total. The highest BCUT2D eigenvalue weighted by atomic mass is 16.5. The molecule has 0 heterocycles. The molecule has 0 saturated carbocycles. The molecule has 0 saturated heterocycles. The van der Waals surface area contributed by atoms with Gasteiger partial charge in [-0.25, -0.2) is 0 Å². The molecule has 4 nitrogen and oxygen atoms in total. The lowest BCUT2D eigenvalue weighted by atomic mass is 9.65. The molecule has 0 aliphatic heterocycles. The lowest BCUT2D eigenvalue weighted by Gasteiger charge is -2.37. The number of rotatable bonds is 10. The number of Topliss-reactive ketones (excluding diaryl/α,β-unsaturated/α-hetero) is 1. The number of benzene rings is 2. The van der Waals surface area contributed by atoms with Crippen molar-refractivity contribution >= 4 is 11.7 Å². The minimum Gasteiger partial charge on any atom is -0.489 e. The maximum Gasteiger partial charge on any atom is 0.249 e. The Labute approximate surface area is 179 Å². The van der Waals surface area contributed by atoms with Gasteiger partial charge in [-0.15, -0.1) is 0 Å². The van der Waals surface area contributed by atoms with Crippen molar-refractivity contribution in [2.45, 2.75) is 71.8 Å². The van der Waals surface area contributed by atoms with Gasteiger partial charge >= 0.3 is 0 Å². The maximum atomic E-state index is 13.6. The van der Waals surface area contributed by atoms with Crippen LogP contribution >= 0.6 is 0 Å². The van der Waals surface area contributed by atoms with Crippen molar-refractivity contribution in [1.82, 2.24) is 0 Å². The van der Waals surface area contributed by atoms with E-state index in [1.165, 1.54) is 0 Å². The van der Waals surface area contributed by atoms with Crippen molar-refractivity contribution in [2.24, 2.45) is 11.1 Å².